The second-order valence-electron chi connectivity index (χ2n) is 6.42. The van der Waals surface area contributed by atoms with Crippen LogP contribution in [0.25, 0.3) is 0 Å². The molecule has 0 saturated heterocycles. The Hall–Kier alpha value is -3.72. The van der Waals surface area contributed by atoms with Crippen molar-refractivity contribution in [3.8, 4) is 6.07 Å². The zero-order chi connectivity index (χ0) is 20.1. The largest absolute Gasteiger partial charge is 0.323 e. The first-order valence-corrected chi connectivity index (χ1v) is 9.03. The number of hydrogen-bond donors (Lipinski definition) is 2. The molecule has 0 aliphatic rings. The molecule has 1 heterocycles. The summed E-state index contributed by atoms with van der Waals surface area (Å²) in [6.45, 7) is 5.81. The zero-order valence-corrected chi connectivity index (χ0v) is 16.1. The number of aryl methyl sites for hydroxylation is 3. The topological polar surface area (TPSA) is 90.7 Å². The number of nitriles is 1. The average molecular weight is 371 g/mol. The van der Waals surface area contributed by atoms with Crippen LogP contribution in [-0.2, 0) is 6.42 Å². The minimum atomic E-state index is -0.300. The van der Waals surface area contributed by atoms with Crippen molar-refractivity contribution < 1.29 is 4.79 Å². The van der Waals surface area contributed by atoms with E-state index >= 15 is 0 Å². The summed E-state index contributed by atoms with van der Waals surface area (Å²) in [7, 11) is 0. The van der Waals surface area contributed by atoms with Crippen molar-refractivity contribution in [2.75, 3.05) is 10.6 Å². The summed E-state index contributed by atoms with van der Waals surface area (Å²) in [6, 6.07) is 16.8. The van der Waals surface area contributed by atoms with Crippen molar-refractivity contribution in [1.29, 1.82) is 5.26 Å². The van der Waals surface area contributed by atoms with Gasteiger partial charge in [0.15, 0.2) is 0 Å². The third-order valence-corrected chi connectivity index (χ3v) is 4.36. The highest BCUT2D eigenvalue weighted by Gasteiger charge is 2.14. The summed E-state index contributed by atoms with van der Waals surface area (Å²) in [5, 5.41) is 15.2. The van der Waals surface area contributed by atoms with Gasteiger partial charge in [-0.2, -0.15) is 5.26 Å². The molecule has 0 aliphatic heterocycles. The smallest absolute Gasteiger partial charge is 0.274 e. The Kier molecular flexibility index (Phi) is 5.66. The number of amides is 1. The van der Waals surface area contributed by atoms with Gasteiger partial charge in [-0.25, -0.2) is 9.97 Å². The fourth-order valence-corrected chi connectivity index (χ4v) is 2.93. The Labute approximate surface area is 164 Å². The third-order valence-electron chi connectivity index (χ3n) is 4.36. The molecule has 0 bridgehead atoms. The summed E-state index contributed by atoms with van der Waals surface area (Å²) in [5.41, 5.74) is 4.86. The SMILES string of the molecule is CCc1cccc(C)c1NC(=O)c1cc(C)nc(Nc2ccccc2C#N)n1. The van der Waals surface area contributed by atoms with Gasteiger partial charge in [0.2, 0.25) is 5.95 Å². The van der Waals surface area contributed by atoms with E-state index in [0.717, 1.165) is 23.2 Å². The van der Waals surface area contributed by atoms with E-state index in [1.165, 1.54) is 0 Å². The van der Waals surface area contributed by atoms with E-state index in [9.17, 15) is 10.1 Å². The maximum absolute atomic E-state index is 12.8. The first kappa shape index (κ1) is 19.1. The second kappa shape index (κ2) is 8.31. The Morgan fingerprint density at radius 3 is 2.64 bits per heavy atom. The van der Waals surface area contributed by atoms with E-state index in [4.69, 9.17) is 0 Å². The van der Waals surface area contributed by atoms with E-state index in [1.807, 2.05) is 38.1 Å². The first-order chi connectivity index (χ1) is 13.5. The molecule has 0 unspecified atom stereocenters. The summed E-state index contributed by atoms with van der Waals surface area (Å²) >= 11 is 0. The number of nitrogens with one attached hydrogen (secondary N) is 2. The van der Waals surface area contributed by atoms with E-state index < -0.39 is 0 Å². The van der Waals surface area contributed by atoms with Gasteiger partial charge in [0.05, 0.1) is 11.3 Å². The van der Waals surface area contributed by atoms with E-state index in [0.29, 0.717) is 16.9 Å². The standard InChI is InChI=1S/C22H21N5O/c1-4-16-10-7-8-14(2)20(16)27-21(28)19-12-15(3)24-22(26-19)25-18-11-6-5-9-17(18)13-23/h5-12H,4H2,1-3H3,(H,27,28)(H,24,25,26). The number of anilines is 3. The van der Waals surface area contributed by atoms with Crippen LogP contribution < -0.4 is 10.6 Å². The summed E-state index contributed by atoms with van der Waals surface area (Å²) in [5.74, 6) is -0.0283. The molecule has 6 nitrogen and oxygen atoms in total. The van der Waals surface area contributed by atoms with Crippen molar-refractivity contribution in [2.45, 2.75) is 27.2 Å². The molecule has 28 heavy (non-hydrogen) atoms. The molecule has 0 fully saturated rings. The van der Waals surface area contributed by atoms with Crippen LogP contribution in [0, 0.1) is 25.2 Å². The fourth-order valence-electron chi connectivity index (χ4n) is 2.93. The molecule has 2 aromatic carbocycles. The maximum Gasteiger partial charge on any atom is 0.274 e. The van der Waals surface area contributed by atoms with Crippen molar-refractivity contribution in [3.05, 3.63) is 76.6 Å². The van der Waals surface area contributed by atoms with Gasteiger partial charge in [0, 0.05) is 11.4 Å². The van der Waals surface area contributed by atoms with E-state index in [-0.39, 0.29) is 17.5 Å². The third kappa shape index (κ3) is 4.15. The van der Waals surface area contributed by atoms with Crippen molar-refractivity contribution in [2.24, 2.45) is 0 Å². The monoisotopic (exact) mass is 371 g/mol. The number of nitrogens with zero attached hydrogens (tertiary/aromatic N) is 3. The highest BCUT2D eigenvalue weighted by atomic mass is 16.1. The van der Waals surface area contributed by atoms with Crippen LogP contribution in [0.3, 0.4) is 0 Å². The van der Waals surface area contributed by atoms with Crippen LogP contribution in [0.5, 0.6) is 0 Å². The van der Waals surface area contributed by atoms with Gasteiger partial charge in [0.25, 0.3) is 5.91 Å². The number of rotatable bonds is 5. The van der Waals surface area contributed by atoms with Crippen LogP contribution in [0.4, 0.5) is 17.3 Å². The number of carbonyl (C=O) groups is 1. The molecule has 0 spiro atoms. The van der Waals surface area contributed by atoms with E-state index in [2.05, 4.69) is 26.7 Å². The lowest BCUT2D eigenvalue weighted by atomic mass is 10.1. The van der Waals surface area contributed by atoms with E-state index in [1.54, 1.807) is 31.2 Å². The second-order valence-corrected chi connectivity index (χ2v) is 6.42. The molecule has 0 aliphatic carbocycles. The summed E-state index contributed by atoms with van der Waals surface area (Å²) in [6.07, 6.45) is 0.817. The number of hydrogen-bond acceptors (Lipinski definition) is 5. The molecule has 6 heteroatoms. The van der Waals surface area contributed by atoms with Crippen LogP contribution >= 0.6 is 0 Å². The minimum Gasteiger partial charge on any atom is -0.323 e. The lowest BCUT2D eigenvalue weighted by Crippen LogP contribution is -2.17. The Bertz CT molecular complexity index is 1070. The van der Waals surface area contributed by atoms with Crippen LogP contribution in [-0.4, -0.2) is 15.9 Å². The molecule has 0 saturated carbocycles. The predicted octanol–water partition coefficient (Wildman–Crippen LogP) is 4.52. The van der Waals surface area contributed by atoms with Crippen LogP contribution in [0.2, 0.25) is 0 Å². The normalized spacial score (nSPS) is 10.2. The lowest BCUT2D eigenvalue weighted by molar-refractivity contribution is 0.102. The van der Waals surface area contributed by atoms with Crippen molar-refractivity contribution in [1.82, 2.24) is 9.97 Å². The summed E-state index contributed by atoms with van der Waals surface area (Å²) < 4.78 is 0. The molecule has 3 aromatic rings. The highest BCUT2D eigenvalue weighted by Crippen LogP contribution is 2.22. The van der Waals surface area contributed by atoms with Gasteiger partial charge >= 0.3 is 0 Å². The fraction of sp³-hybridized carbons (Fsp3) is 0.182. The molecule has 1 amide bonds. The van der Waals surface area contributed by atoms with Gasteiger partial charge in [0.1, 0.15) is 11.8 Å². The molecule has 2 N–H and O–H groups in total. The molecular formula is C22H21N5O. The number of benzene rings is 2. The zero-order valence-electron chi connectivity index (χ0n) is 16.1. The Morgan fingerprint density at radius 2 is 1.89 bits per heavy atom. The summed E-state index contributed by atoms with van der Waals surface area (Å²) in [4.78, 5) is 21.5. The molecule has 140 valence electrons. The van der Waals surface area contributed by atoms with Gasteiger partial charge < -0.3 is 10.6 Å². The number of carbonyl (C=O) groups excluding carboxylic acids is 1. The molecular weight excluding hydrogens is 350 g/mol. The van der Waals surface area contributed by atoms with Crippen molar-refractivity contribution >= 4 is 23.2 Å². The van der Waals surface area contributed by atoms with Gasteiger partial charge in [-0.05, 0) is 49.6 Å². The van der Waals surface area contributed by atoms with Crippen LogP contribution in [0.15, 0.2) is 48.5 Å². The van der Waals surface area contributed by atoms with Crippen molar-refractivity contribution in [3.63, 3.8) is 0 Å². The Balaban J connectivity index is 1.90. The number of para-hydroxylation sites is 2. The minimum absolute atomic E-state index is 0.259. The Morgan fingerprint density at radius 1 is 1.11 bits per heavy atom. The van der Waals surface area contributed by atoms with Gasteiger partial charge in [-0.1, -0.05) is 37.3 Å². The predicted molar refractivity (Wildman–Crippen MR) is 110 cm³/mol. The highest BCUT2D eigenvalue weighted by molar-refractivity contribution is 6.04. The maximum atomic E-state index is 12.8. The molecule has 3 rings (SSSR count). The molecule has 1 aromatic heterocycles. The number of aromatic nitrogens is 2. The lowest BCUT2D eigenvalue weighted by Gasteiger charge is -2.13. The average Bonchev–Trinajstić information content (AvgIpc) is 2.69. The van der Waals surface area contributed by atoms with Crippen LogP contribution in [0.1, 0.15) is 39.8 Å². The van der Waals surface area contributed by atoms with Gasteiger partial charge in [-0.3, -0.25) is 4.79 Å². The quantitative estimate of drug-likeness (QED) is 0.688. The molecule has 0 radical (unpaired) electrons. The first-order valence-electron chi connectivity index (χ1n) is 9.03. The van der Waals surface area contributed by atoms with Gasteiger partial charge in [-0.15, -0.1) is 0 Å². The molecule has 0 atom stereocenters.